The monoisotopic (exact) mass is 528 g/mol. The number of rotatable bonds is 8. The van der Waals surface area contributed by atoms with E-state index in [-0.39, 0.29) is 24.0 Å². The van der Waals surface area contributed by atoms with E-state index in [1.807, 2.05) is 48.6 Å². The van der Waals surface area contributed by atoms with Gasteiger partial charge < -0.3 is 15.7 Å². The lowest BCUT2D eigenvalue weighted by atomic mass is 9.96. The highest BCUT2D eigenvalue weighted by atomic mass is 127. The third-order valence-electron chi connectivity index (χ3n) is 5.20. The van der Waals surface area contributed by atoms with Gasteiger partial charge in [-0.2, -0.15) is 0 Å². The summed E-state index contributed by atoms with van der Waals surface area (Å²) in [7, 11) is 0. The Balaban J connectivity index is 0.00000300. The Labute approximate surface area is 195 Å². The maximum atomic E-state index is 10.8. The van der Waals surface area contributed by atoms with Crippen LogP contribution in [0.4, 0.5) is 0 Å². The number of aliphatic hydroxyl groups is 1. The minimum absolute atomic E-state index is 0. The van der Waals surface area contributed by atoms with Gasteiger partial charge in [-0.25, -0.2) is 4.99 Å². The van der Waals surface area contributed by atoms with Gasteiger partial charge in [0.1, 0.15) is 5.60 Å². The molecule has 1 aromatic carbocycles. The number of hydrogen-bond acceptors (Lipinski definition) is 4. The van der Waals surface area contributed by atoms with E-state index >= 15 is 0 Å². The Hall–Kier alpha value is -1.16. The van der Waals surface area contributed by atoms with Gasteiger partial charge in [-0.15, -0.1) is 35.3 Å². The zero-order valence-corrected chi connectivity index (χ0v) is 20.5. The molecule has 0 aliphatic carbocycles. The predicted molar refractivity (Wildman–Crippen MR) is 133 cm³/mol. The average Bonchev–Trinajstić information content (AvgIpc) is 3.42. The minimum atomic E-state index is -0.994. The van der Waals surface area contributed by atoms with E-state index in [0.717, 1.165) is 37.7 Å². The van der Waals surface area contributed by atoms with Crippen molar-refractivity contribution < 1.29 is 5.11 Å². The van der Waals surface area contributed by atoms with Crippen molar-refractivity contribution in [1.29, 1.82) is 0 Å². The van der Waals surface area contributed by atoms with E-state index < -0.39 is 5.60 Å². The molecule has 0 radical (unpaired) electrons. The third kappa shape index (κ3) is 6.94. The molecular formula is C22H33IN4OS. The molecule has 0 saturated carbocycles. The fourth-order valence-electron chi connectivity index (χ4n) is 3.60. The average molecular weight is 529 g/mol. The molecule has 2 aromatic rings. The number of guanidine groups is 1. The Bertz CT molecular complexity index is 731. The second-order valence-corrected chi connectivity index (χ2v) is 8.47. The molecule has 3 N–H and O–H groups in total. The Morgan fingerprint density at radius 3 is 2.52 bits per heavy atom. The summed E-state index contributed by atoms with van der Waals surface area (Å²) in [6.07, 6.45) is 2.55. The summed E-state index contributed by atoms with van der Waals surface area (Å²) >= 11 is 1.82. The molecule has 5 nitrogen and oxygen atoms in total. The first kappa shape index (κ1) is 24.1. The summed E-state index contributed by atoms with van der Waals surface area (Å²) < 4.78 is 0. The maximum absolute atomic E-state index is 10.8. The van der Waals surface area contributed by atoms with Gasteiger partial charge in [0, 0.05) is 18.0 Å². The lowest BCUT2D eigenvalue weighted by molar-refractivity contribution is 0.0672. The second-order valence-electron chi connectivity index (χ2n) is 7.49. The molecule has 2 heterocycles. The zero-order valence-electron chi connectivity index (χ0n) is 17.3. The van der Waals surface area contributed by atoms with E-state index in [1.165, 1.54) is 17.7 Å². The number of nitrogens with zero attached hydrogens (tertiary/aromatic N) is 2. The van der Waals surface area contributed by atoms with Crippen molar-refractivity contribution in [3.63, 3.8) is 0 Å². The molecule has 3 rings (SSSR count). The molecule has 1 fully saturated rings. The molecule has 1 saturated heterocycles. The smallest absolute Gasteiger partial charge is 0.191 e. The van der Waals surface area contributed by atoms with Crippen LogP contribution in [-0.2, 0) is 5.60 Å². The molecule has 1 aliphatic rings. The van der Waals surface area contributed by atoms with Crippen molar-refractivity contribution in [2.45, 2.75) is 38.3 Å². The van der Waals surface area contributed by atoms with Crippen LogP contribution in [0.3, 0.4) is 0 Å². The normalized spacial score (nSPS) is 18.0. The van der Waals surface area contributed by atoms with Crippen LogP contribution in [0.25, 0.3) is 0 Å². The van der Waals surface area contributed by atoms with Crippen molar-refractivity contribution in [3.05, 3.63) is 58.3 Å². The van der Waals surface area contributed by atoms with Crippen LogP contribution in [0.1, 0.15) is 43.2 Å². The van der Waals surface area contributed by atoms with Crippen molar-refractivity contribution in [1.82, 2.24) is 15.5 Å². The molecular weight excluding hydrogens is 495 g/mol. The molecule has 0 amide bonds. The highest BCUT2D eigenvalue weighted by molar-refractivity contribution is 14.0. The molecule has 160 valence electrons. The lowest BCUT2D eigenvalue weighted by Gasteiger charge is -2.28. The quantitative estimate of drug-likeness (QED) is 0.276. The molecule has 29 heavy (non-hydrogen) atoms. The molecule has 0 spiro atoms. The largest absolute Gasteiger partial charge is 0.384 e. The van der Waals surface area contributed by atoms with Crippen LogP contribution in [0.5, 0.6) is 0 Å². The third-order valence-corrected chi connectivity index (χ3v) is 6.17. The molecule has 1 aliphatic heterocycles. The predicted octanol–water partition coefficient (Wildman–Crippen LogP) is 3.97. The SMILES string of the molecule is CCNC(=NCC(C)(O)c1ccccc1)NCC(c1cccs1)N1CCCC1.I. The highest BCUT2D eigenvalue weighted by Gasteiger charge is 2.25. The van der Waals surface area contributed by atoms with Gasteiger partial charge in [0.2, 0.25) is 0 Å². The Kier molecular flexibility index (Phi) is 9.88. The number of likely N-dealkylation sites (tertiary alicyclic amines) is 1. The second kappa shape index (κ2) is 11.9. The van der Waals surface area contributed by atoms with Crippen LogP contribution in [-0.4, -0.2) is 48.7 Å². The number of nitrogens with one attached hydrogen (secondary N) is 2. The summed E-state index contributed by atoms with van der Waals surface area (Å²) in [5.74, 6) is 0.749. The number of halogens is 1. The van der Waals surface area contributed by atoms with Crippen LogP contribution < -0.4 is 10.6 Å². The number of aliphatic imine (C=N–C) groups is 1. The highest BCUT2D eigenvalue weighted by Crippen LogP contribution is 2.27. The molecule has 2 unspecified atom stereocenters. The zero-order chi connectivity index (χ0) is 19.8. The lowest BCUT2D eigenvalue weighted by Crippen LogP contribution is -2.43. The van der Waals surface area contributed by atoms with E-state index in [4.69, 9.17) is 0 Å². The summed E-state index contributed by atoms with van der Waals surface area (Å²) in [5, 5.41) is 19.8. The molecule has 7 heteroatoms. The molecule has 2 atom stereocenters. The number of thiophene rings is 1. The van der Waals surface area contributed by atoms with Crippen molar-refractivity contribution >= 4 is 41.3 Å². The van der Waals surface area contributed by atoms with Crippen molar-refractivity contribution in [2.75, 3.05) is 32.7 Å². The van der Waals surface area contributed by atoms with Gasteiger partial charge in [-0.05, 0) is 56.8 Å². The van der Waals surface area contributed by atoms with Gasteiger partial charge in [-0.3, -0.25) is 4.90 Å². The Morgan fingerprint density at radius 1 is 1.17 bits per heavy atom. The van der Waals surface area contributed by atoms with Crippen molar-refractivity contribution in [2.24, 2.45) is 4.99 Å². The number of hydrogen-bond donors (Lipinski definition) is 3. The fraction of sp³-hybridized carbons (Fsp3) is 0.500. The van der Waals surface area contributed by atoms with E-state index in [0.29, 0.717) is 12.6 Å². The van der Waals surface area contributed by atoms with Gasteiger partial charge >= 0.3 is 0 Å². The van der Waals surface area contributed by atoms with Crippen LogP contribution in [0.2, 0.25) is 0 Å². The van der Waals surface area contributed by atoms with Gasteiger partial charge in [0.15, 0.2) is 5.96 Å². The van der Waals surface area contributed by atoms with Crippen LogP contribution in [0.15, 0.2) is 52.8 Å². The van der Waals surface area contributed by atoms with Crippen molar-refractivity contribution in [3.8, 4) is 0 Å². The fourth-order valence-corrected chi connectivity index (χ4v) is 4.46. The Morgan fingerprint density at radius 2 is 1.90 bits per heavy atom. The molecule has 1 aromatic heterocycles. The first-order chi connectivity index (χ1) is 13.6. The number of benzene rings is 1. The first-order valence-electron chi connectivity index (χ1n) is 10.2. The van der Waals surface area contributed by atoms with Crippen LogP contribution in [0, 0.1) is 0 Å². The molecule has 0 bridgehead atoms. The first-order valence-corrected chi connectivity index (χ1v) is 11.1. The van der Waals surface area contributed by atoms with E-state index in [1.54, 1.807) is 0 Å². The van der Waals surface area contributed by atoms with Gasteiger partial charge in [0.05, 0.1) is 12.6 Å². The summed E-state index contributed by atoms with van der Waals surface area (Å²) in [4.78, 5) is 8.62. The van der Waals surface area contributed by atoms with E-state index in [9.17, 15) is 5.11 Å². The summed E-state index contributed by atoms with van der Waals surface area (Å²) in [5.41, 5.74) is -0.116. The van der Waals surface area contributed by atoms with E-state index in [2.05, 4.69) is 45.0 Å². The van der Waals surface area contributed by atoms with Gasteiger partial charge in [0.25, 0.3) is 0 Å². The topological polar surface area (TPSA) is 59.9 Å². The minimum Gasteiger partial charge on any atom is -0.384 e. The van der Waals surface area contributed by atoms with Gasteiger partial charge in [-0.1, -0.05) is 36.4 Å². The van der Waals surface area contributed by atoms with Crippen LogP contribution >= 0.6 is 35.3 Å². The summed E-state index contributed by atoms with van der Waals surface area (Å²) in [6, 6.07) is 14.4. The maximum Gasteiger partial charge on any atom is 0.191 e. The summed E-state index contributed by atoms with van der Waals surface area (Å²) in [6.45, 7) is 8.07. The standard InChI is InChI=1S/C22H32N4OS.HI/c1-3-23-21(25-17-22(2,27)18-10-5-4-6-11-18)24-16-19(20-12-9-15-28-20)26-13-7-8-14-26;/h4-6,9-12,15,19,27H,3,7-8,13-14,16-17H2,1-2H3,(H2,23,24,25);1H.